The van der Waals surface area contributed by atoms with Gasteiger partial charge in [-0.25, -0.2) is 0 Å². The van der Waals surface area contributed by atoms with E-state index in [0.29, 0.717) is 11.0 Å². The van der Waals surface area contributed by atoms with E-state index in [4.69, 9.17) is 5.11 Å². The molecule has 7 heteroatoms. The molecule has 112 valence electrons. The number of rotatable bonds is 7. The molecule has 1 heterocycles. The summed E-state index contributed by atoms with van der Waals surface area (Å²) in [5.74, 6) is -0.387. The summed E-state index contributed by atoms with van der Waals surface area (Å²) in [7, 11) is 0. The van der Waals surface area contributed by atoms with Crippen molar-refractivity contribution in [2.24, 2.45) is 5.41 Å². The maximum Gasteiger partial charge on any atom is 0.313 e. The largest absolute Gasteiger partial charge is 0.481 e. The van der Waals surface area contributed by atoms with Gasteiger partial charge >= 0.3 is 5.97 Å². The molecule has 6 nitrogen and oxygen atoms in total. The molecule has 1 aliphatic carbocycles. The van der Waals surface area contributed by atoms with Crippen molar-refractivity contribution in [2.75, 3.05) is 5.75 Å². The number of carbonyl (C=O) groups is 1. The van der Waals surface area contributed by atoms with Gasteiger partial charge in [-0.05, 0) is 24.7 Å². The zero-order valence-corrected chi connectivity index (χ0v) is 12.5. The van der Waals surface area contributed by atoms with Crippen molar-refractivity contribution >= 4 is 17.7 Å². The van der Waals surface area contributed by atoms with Gasteiger partial charge < -0.3 is 14.8 Å². The standard InChI is InChI=1S/C13H21N3O3S/c1-2-13(5-3-4-6-13)9-16-10(7-17)14-15-12(16)20-8-11(18)19/h17H,2-9H2,1H3,(H,18,19). The minimum absolute atomic E-state index is 0.0390. The Bertz CT molecular complexity index is 469. The van der Waals surface area contributed by atoms with Gasteiger partial charge in [-0.2, -0.15) is 0 Å². The minimum Gasteiger partial charge on any atom is -0.481 e. The van der Waals surface area contributed by atoms with Gasteiger partial charge in [0.2, 0.25) is 0 Å². The van der Waals surface area contributed by atoms with E-state index in [1.165, 1.54) is 25.7 Å². The Labute approximate surface area is 122 Å². The van der Waals surface area contributed by atoms with Crippen LogP contribution in [0.25, 0.3) is 0 Å². The molecule has 1 saturated carbocycles. The third kappa shape index (κ3) is 3.32. The molecule has 2 rings (SSSR count). The number of hydrogen-bond donors (Lipinski definition) is 2. The molecule has 0 unspecified atom stereocenters. The number of aliphatic hydroxyl groups is 1. The Morgan fingerprint density at radius 1 is 1.40 bits per heavy atom. The number of aliphatic carboxylic acids is 1. The first-order valence-corrected chi connectivity index (χ1v) is 7.96. The topological polar surface area (TPSA) is 88.2 Å². The van der Waals surface area contributed by atoms with E-state index >= 15 is 0 Å². The summed E-state index contributed by atoms with van der Waals surface area (Å²) in [5.41, 5.74) is 0.241. The molecule has 1 aliphatic rings. The molecule has 1 aromatic heterocycles. The van der Waals surface area contributed by atoms with Crippen molar-refractivity contribution < 1.29 is 15.0 Å². The van der Waals surface area contributed by atoms with Gasteiger partial charge in [0.25, 0.3) is 0 Å². The average Bonchev–Trinajstić information content (AvgIpc) is 3.04. The second kappa shape index (κ2) is 6.58. The third-order valence-electron chi connectivity index (χ3n) is 4.17. The van der Waals surface area contributed by atoms with Crippen LogP contribution in [0.4, 0.5) is 0 Å². The Kier molecular flexibility index (Phi) is 5.04. The molecule has 0 spiro atoms. The van der Waals surface area contributed by atoms with Crippen LogP contribution in [0, 0.1) is 5.41 Å². The molecule has 0 radical (unpaired) electrons. The smallest absolute Gasteiger partial charge is 0.313 e. The first kappa shape index (κ1) is 15.3. The van der Waals surface area contributed by atoms with Gasteiger partial charge in [0.1, 0.15) is 6.61 Å². The first-order chi connectivity index (χ1) is 9.60. The van der Waals surface area contributed by atoms with Gasteiger partial charge in [0.15, 0.2) is 11.0 Å². The summed E-state index contributed by atoms with van der Waals surface area (Å²) in [6, 6.07) is 0. The Balaban J connectivity index is 2.19. The van der Waals surface area contributed by atoms with E-state index in [1.807, 2.05) is 4.57 Å². The number of aliphatic hydroxyl groups excluding tert-OH is 1. The maximum atomic E-state index is 10.7. The summed E-state index contributed by atoms with van der Waals surface area (Å²) in [6.07, 6.45) is 5.91. The monoisotopic (exact) mass is 299 g/mol. The quantitative estimate of drug-likeness (QED) is 0.748. The highest BCUT2D eigenvalue weighted by molar-refractivity contribution is 7.99. The van der Waals surface area contributed by atoms with Crippen LogP contribution in [0.3, 0.4) is 0 Å². The lowest BCUT2D eigenvalue weighted by molar-refractivity contribution is -0.133. The molecule has 0 amide bonds. The molecule has 1 aromatic rings. The average molecular weight is 299 g/mol. The third-order valence-corrected chi connectivity index (χ3v) is 5.12. The fourth-order valence-electron chi connectivity index (χ4n) is 2.91. The lowest BCUT2D eigenvalue weighted by atomic mass is 9.83. The van der Waals surface area contributed by atoms with E-state index in [-0.39, 0.29) is 17.8 Å². The van der Waals surface area contributed by atoms with Crippen LogP contribution >= 0.6 is 11.8 Å². The number of carboxylic acids is 1. The zero-order valence-electron chi connectivity index (χ0n) is 11.7. The summed E-state index contributed by atoms with van der Waals surface area (Å²) in [4.78, 5) is 10.7. The van der Waals surface area contributed by atoms with Gasteiger partial charge in [0, 0.05) is 6.54 Å². The normalized spacial score (nSPS) is 17.5. The fraction of sp³-hybridized carbons (Fsp3) is 0.769. The number of thioether (sulfide) groups is 1. The SMILES string of the molecule is CCC1(Cn2c(CO)nnc2SCC(=O)O)CCCC1. The minimum atomic E-state index is -0.874. The van der Waals surface area contributed by atoms with Crippen molar-refractivity contribution in [3.05, 3.63) is 5.82 Å². The van der Waals surface area contributed by atoms with Crippen LogP contribution in [-0.2, 0) is 17.9 Å². The molecule has 0 aromatic carbocycles. The number of hydrogen-bond acceptors (Lipinski definition) is 5. The van der Waals surface area contributed by atoms with E-state index < -0.39 is 5.97 Å². The summed E-state index contributed by atoms with van der Waals surface area (Å²) in [5, 5.41) is 26.8. The lowest BCUT2D eigenvalue weighted by Gasteiger charge is -2.28. The lowest BCUT2D eigenvalue weighted by Crippen LogP contribution is -2.24. The molecule has 1 fully saturated rings. The van der Waals surface area contributed by atoms with E-state index in [1.54, 1.807) is 0 Å². The Morgan fingerprint density at radius 3 is 2.65 bits per heavy atom. The summed E-state index contributed by atoms with van der Waals surface area (Å²) < 4.78 is 1.91. The highest BCUT2D eigenvalue weighted by atomic mass is 32.2. The van der Waals surface area contributed by atoms with Crippen LogP contribution in [0.5, 0.6) is 0 Å². The number of nitrogens with zero attached hydrogens (tertiary/aromatic N) is 3. The molecule has 0 bridgehead atoms. The van der Waals surface area contributed by atoms with Crippen LogP contribution in [-0.4, -0.2) is 36.7 Å². The van der Waals surface area contributed by atoms with Gasteiger partial charge in [0.05, 0.1) is 5.75 Å². The van der Waals surface area contributed by atoms with Crippen LogP contribution in [0.2, 0.25) is 0 Å². The van der Waals surface area contributed by atoms with E-state index in [2.05, 4.69) is 17.1 Å². The number of carboxylic acid groups (broad SMARTS) is 1. The van der Waals surface area contributed by atoms with Crippen molar-refractivity contribution in [2.45, 2.75) is 57.3 Å². The van der Waals surface area contributed by atoms with E-state index in [9.17, 15) is 9.90 Å². The molecule has 0 aliphatic heterocycles. The molecular formula is C13H21N3O3S. The summed E-state index contributed by atoms with van der Waals surface area (Å²) in [6.45, 7) is 2.80. The second-order valence-corrected chi connectivity index (χ2v) is 6.33. The van der Waals surface area contributed by atoms with Crippen molar-refractivity contribution in [1.29, 1.82) is 0 Å². The predicted octanol–water partition coefficient (Wildman–Crippen LogP) is 1.92. The number of aromatic nitrogens is 3. The van der Waals surface area contributed by atoms with Crippen molar-refractivity contribution in [3.63, 3.8) is 0 Å². The van der Waals surface area contributed by atoms with Crippen molar-refractivity contribution in [3.8, 4) is 0 Å². The van der Waals surface area contributed by atoms with Gasteiger partial charge in [-0.1, -0.05) is 31.5 Å². The van der Waals surface area contributed by atoms with Crippen LogP contribution in [0.1, 0.15) is 44.9 Å². The van der Waals surface area contributed by atoms with Crippen LogP contribution < -0.4 is 0 Å². The Morgan fingerprint density at radius 2 is 2.10 bits per heavy atom. The fourth-order valence-corrected chi connectivity index (χ4v) is 3.59. The highest BCUT2D eigenvalue weighted by Crippen LogP contribution is 2.43. The summed E-state index contributed by atoms with van der Waals surface area (Å²) >= 11 is 1.16. The zero-order chi connectivity index (χ0) is 14.6. The molecule has 0 saturated heterocycles. The Hall–Kier alpha value is -1.08. The second-order valence-electron chi connectivity index (χ2n) is 5.39. The van der Waals surface area contributed by atoms with Crippen molar-refractivity contribution in [1.82, 2.24) is 14.8 Å². The molecular weight excluding hydrogens is 278 g/mol. The molecule has 20 heavy (non-hydrogen) atoms. The molecule has 2 N–H and O–H groups in total. The van der Waals surface area contributed by atoms with E-state index in [0.717, 1.165) is 24.7 Å². The maximum absolute atomic E-state index is 10.7. The predicted molar refractivity (Wildman–Crippen MR) is 75.5 cm³/mol. The molecule has 0 atom stereocenters. The van der Waals surface area contributed by atoms with Gasteiger partial charge in [-0.3, -0.25) is 4.79 Å². The highest BCUT2D eigenvalue weighted by Gasteiger charge is 2.34. The van der Waals surface area contributed by atoms with Crippen LogP contribution in [0.15, 0.2) is 5.16 Å². The van der Waals surface area contributed by atoms with Gasteiger partial charge in [-0.15, -0.1) is 10.2 Å². The first-order valence-electron chi connectivity index (χ1n) is 6.98.